The van der Waals surface area contributed by atoms with E-state index >= 15 is 0 Å². The summed E-state index contributed by atoms with van der Waals surface area (Å²) in [6.07, 6.45) is 1.12. The molecule has 0 N–H and O–H groups in total. The maximum Gasteiger partial charge on any atom is 2.00 e. The van der Waals surface area contributed by atoms with Crippen molar-refractivity contribution in [2.24, 2.45) is 0 Å². The summed E-state index contributed by atoms with van der Waals surface area (Å²) in [4.78, 5) is 0. The van der Waals surface area contributed by atoms with Crippen LogP contribution in [0.2, 0.25) is 0 Å². The summed E-state index contributed by atoms with van der Waals surface area (Å²) in [5, 5.41) is 5.12. The van der Waals surface area contributed by atoms with Gasteiger partial charge in [-0.1, -0.05) is 124 Å². The van der Waals surface area contributed by atoms with Gasteiger partial charge in [-0.15, -0.1) is 5.30 Å². The molecule has 0 saturated carbocycles. The van der Waals surface area contributed by atoms with Gasteiger partial charge < -0.3 is 0 Å². The minimum Gasteiger partial charge on any atom is -0.214 e. The van der Waals surface area contributed by atoms with Crippen molar-refractivity contribution >= 4 is 31.8 Å². The van der Waals surface area contributed by atoms with Gasteiger partial charge in [0.05, 0.1) is 0 Å². The van der Waals surface area contributed by atoms with Crippen molar-refractivity contribution < 1.29 is 17.1 Å². The average Bonchev–Trinajstić information content (AvgIpc) is 3.47. The minimum atomic E-state index is -0.404. The molecule has 0 bridgehead atoms. The van der Waals surface area contributed by atoms with E-state index in [0.717, 1.165) is 6.16 Å². The fourth-order valence-corrected chi connectivity index (χ4v) is 11.2. The second kappa shape index (κ2) is 13.0. The van der Waals surface area contributed by atoms with Crippen LogP contribution in [-0.4, -0.2) is 10.3 Å². The first-order valence-corrected chi connectivity index (χ1v) is 14.6. The zero-order valence-corrected chi connectivity index (χ0v) is 24.2. The third-order valence-corrected chi connectivity index (χ3v) is 11.6. The Kier molecular flexibility index (Phi) is 11.0. The molecule has 0 radical (unpaired) electrons. The predicted molar refractivity (Wildman–Crippen MR) is 153 cm³/mol. The molecule has 4 aromatic carbocycles. The van der Waals surface area contributed by atoms with Crippen molar-refractivity contribution in [3.05, 3.63) is 115 Å². The first-order valence-electron chi connectivity index (χ1n) is 11.8. The molecule has 4 aromatic rings. The van der Waals surface area contributed by atoms with Gasteiger partial charge in [0.1, 0.15) is 0 Å². The monoisotopic (exact) mass is 528 g/mol. The summed E-state index contributed by atoms with van der Waals surface area (Å²) in [6, 6.07) is 39.2. The van der Waals surface area contributed by atoms with Crippen molar-refractivity contribution in [1.82, 2.24) is 0 Å². The van der Waals surface area contributed by atoms with Gasteiger partial charge in [0.25, 0.3) is 0 Å². The topological polar surface area (TPSA) is 0 Å². The first kappa shape index (κ1) is 28.8. The number of hydrogen-bond acceptors (Lipinski definition) is 0. The molecule has 4 rings (SSSR count). The van der Waals surface area contributed by atoms with Crippen LogP contribution in [0, 0.1) is 0 Å². The van der Waals surface area contributed by atoms with Gasteiger partial charge in [0, 0.05) is 0 Å². The van der Waals surface area contributed by atoms with Crippen LogP contribution in [0.5, 0.6) is 0 Å². The maximum absolute atomic E-state index is 2.41. The van der Waals surface area contributed by atoms with Crippen molar-refractivity contribution in [1.29, 1.82) is 0 Å². The number of rotatable bonds is 5. The summed E-state index contributed by atoms with van der Waals surface area (Å²) in [5.74, 6) is 0. The standard InChI is InChI=1S/C26H33P2.C5H5.Fe/c1-25(2,3)28(26(4,5)6)24-19-13-14-21(24)20-27(22-15-9-7-10-16-22)23-17-11-8-12-18-23;1-2-4-5-3-1;/h7-19H,20H2,1-6H3;1-5H;/q2*-1;+2. The molecule has 3 heteroatoms. The van der Waals surface area contributed by atoms with Crippen molar-refractivity contribution in [2.75, 3.05) is 0 Å². The largest absolute Gasteiger partial charge is 2.00 e. The molecule has 0 spiro atoms. The van der Waals surface area contributed by atoms with Crippen LogP contribution < -0.4 is 15.9 Å². The van der Waals surface area contributed by atoms with E-state index in [2.05, 4.69) is 120 Å². The molecule has 180 valence electrons. The number of benzene rings is 2. The Morgan fingerprint density at radius 3 is 1.47 bits per heavy atom. The van der Waals surface area contributed by atoms with Crippen LogP contribution in [0.4, 0.5) is 0 Å². The average molecular weight is 528 g/mol. The smallest absolute Gasteiger partial charge is 0.214 e. The van der Waals surface area contributed by atoms with Crippen LogP contribution in [0.1, 0.15) is 47.1 Å². The Bertz CT molecular complexity index is 981. The third kappa shape index (κ3) is 8.04. The molecule has 0 atom stereocenters. The second-order valence-electron chi connectivity index (χ2n) is 10.3. The zero-order chi connectivity index (χ0) is 23.9. The van der Waals surface area contributed by atoms with Crippen molar-refractivity contribution in [2.45, 2.75) is 58.0 Å². The Morgan fingerprint density at radius 2 is 1.09 bits per heavy atom. The van der Waals surface area contributed by atoms with E-state index in [4.69, 9.17) is 0 Å². The van der Waals surface area contributed by atoms with Gasteiger partial charge >= 0.3 is 17.1 Å². The van der Waals surface area contributed by atoms with E-state index in [-0.39, 0.29) is 25.0 Å². The first-order chi connectivity index (χ1) is 15.7. The van der Waals surface area contributed by atoms with Crippen LogP contribution in [0.15, 0.2) is 109 Å². The Labute approximate surface area is 220 Å². The molecule has 0 aromatic heterocycles. The van der Waals surface area contributed by atoms with E-state index in [0.29, 0.717) is 10.3 Å². The Hall–Kier alpha value is -1.48. The fraction of sp³-hybridized carbons (Fsp3) is 0.290. The Morgan fingerprint density at radius 1 is 0.618 bits per heavy atom. The van der Waals surface area contributed by atoms with Gasteiger partial charge in [0.15, 0.2) is 0 Å². The van der Waals surface area contributed by atoms with Gasteiger partial charge in [-0.05, 0) is 20.9 Å². The second-order valence-corrected chi connectivity index (χ2v) is 16.4. The molecule has 34 heavy (non-hydrogen) atoms. The summed E-state index contributed by atoms with van der Waals surface area (Å²) < 4.78 is 0. The van der Waals surface area contributed by atoms with E-state index in [1.807, 2.05) is 30.3 Å². The van der Waals surface area contributed by atoms with Crippen LogP contribution in [-0.2, 0) is 23.2 Å². The zero-order valence-electron chi connectivity index (χ0n) is 21.3. The quantitative estimate of drug-likeness (QED) is 0.139. The molecule has 0 amide bonds. The molecule has 0 unspecified atom stereocenters. The number of hydrogen-bond donors (Lipinski definition) is 0. The molecule has 0 aliphatic carbocycles. The maximum atomic E-state index is 2.41. The molecule has 0 heterocycles. The SMILES string of the molecule is CC(C)(C)P(c1[cH-]ccc1CP(c1ccccc1)c1ccccc1)C(C)(C)C.[Fe+2].c1cc[cH-]c1. The van der Waals surface area contributed by atoms with Crippen LogP contribution in [0.25, 0.3) is 0 Å². The summed E-state index contributed by atoms with van der Waals surface area (Å²) >= 11 is 0. The predicted octanol–water partition coefficient (Wildman–Crippen LogP) is 8.15. The van der Waals surface area contributed by atoms with Gasteiger partial charge in [-0.3, -0.25) is 0 Å². The molecule has 0 aliphatic heterocycles. The van der Waals surface area contributed by atoms with Gasteiger partial charge in [0.2, 0.25) is 0 Å². The van der Waals surface area contributed by atoms with E-state index < -0.39 is 7.92 Å². The van der Waals surface area contributed by atoms with Crippen molar-refractivity contribution in [3.63, 3.8) is 0 Å². The summed E-state index contributed by atoms with van der Waals surface area (Å²) in [5.41, 5.74) is 1.55. The molecule has 0 fully saturated rings. The Balaban J connectivity index is 0.000000603. The molecule has 0 nitrogen and oxygen atoms in total. The van der Waals surface area contributed by atoms with Gasteiger partial charge in [-0.2, -0.15) is 35.9 Å². The molecular formula is C31H38FeP2. The summed E-state index contributed by atoms with van der Waals surface area (Å²) in [6.45, 7) is 14.5. The molecule has 0 saturated heterocycles. The van der Waals surface area contributed by atoms with Crippen LogP contribution >= 0.6 is 15.8 Å². The van der Waals surface area contributed by atoms with E-state index in [1.165, 1.54) is 10.6 Å². The molecular weight excluding hydrogens is 490 g/mol. The normalized spacial score (nSPS) is 11.6. The fourth-order valence-electron chi connectivity index (χ4n) is 4.57. The van der Waals surface area contributed by atoms with Crippen molar-refractivity contribution in [3.8, 4) is 0 Å². The van der Waals surface area contributed by atoms with Crippen LogP contribution in [0.3, 0.4) is 0 Å². The van der Waals surface area contributed by atoms with E-state index in [1.54, 1.807) is 10.9 Å². The van der Waals surface area contributed by atoms with E-state index in [9.17, 15) is 0 Å². The third-order valence-electron chi connectivity index (χ3n) is 5.48. The molecule has 0 aliphatic rings. The minimum absolute atomic E-state index is 0. The van der Waals surface area contributed by atoms with Gasteiger partial charge in [-0.25, -0.2) is 18.2 Å². The summed E-state index contributed by atoms with van der Waals surface area (Å²) in [7, 11) is -0.683.